The smallest absolute Gasteiger partial charge is 0.343 e. The monoisotopic (exact) mass is 466 g/mol. The van der Waals surface area contributed by atoms with Gasteiger partial charge in [-0.05, 0) is 80.5 Å². The number of ether oxygens (including phenoxy) is 2. The number of hydrogen-bond acceptors (Lipinski definition) is 3. The van der Waals surface area contributed by atoms with Gasteiger partial charge in [0.05, 0.1) is 11.7 Å². The Kier molecular flexibility index (Phi) is 13.4. The van der Waals surface area contributed by atoms with E-state index in [9.17, 15) is 4.79 Å². The molecule has 2 aromatic carbocycles. The zero-order chi connectivity index (χ0) is 24.6. The fourth-order valence-corrected chi connectivity index (χ4v) is 4.09. The van der Waals surface area contributed by atoms with E-state index in [0.717, 1.165) is 24.5 Å². The summed E-state index contributed by atoms with van der Waals surface area (Å²) in [6, 6.07) is 15.2. The molecular formula is C31H46O3. The molecule has 0 spiro atoms. The zero-order valence-corrected chi connectivity index (χ0v) is 22.0. The van der Waals surface area contributed by atoms with Crippen molar-refractivity contribution in [2.45, 2.75) is 111 Å². The zero-order valence-electron chi connectivity index (χ0n) is 22.0. The highest BCUT2D eigenvalue weighted by Gasteiger charge is 2.10. The first kappa shape index (κ1) is 28.0. The summed E-state index contributed by atoms with van der Waals surface area (Å²) in [6.07, 6.45) is 15.1. The minimum atomic E-state index is -0.340. The molecule has 34 heavy (non-hydrogen) atoms. The minimum Gasteiger partial charge on any atom is -0.491 e. The lowest BCUT2D eigenvalue weighted by Crippen LogP contribution is -2.12. The quantitative estimate of drug-likeness (QED) is 0.132. The number of rotatable bonds is 17. The molecule has 2 aromatic rings. The summed E-state index contributed by atoms with van der Waals surface area (Å²) in [4.78, 5) is 12.5. The van der Waals surface area contributed by atoms with E-state index >= 15 is 0 Å². The van der Waals surface area contributed by atoms with Crippen molar-refractivity contribution in [3.63, 3.8) is 0 Å². The van der Waals surface area contributed by atoms with Gasteiger partial charge < -0.3 is 9.47 Å². The molecule has 0 N–H and O–H groups in total. The van der Waals surface area contributed by atoms with Crippen LogP contribution in [0.1, 0.15) is 114 Å². The number of esters is 1. The van der Waals surface area contributed by atoms with Gasteiger partial charge in [0, 0.05) is 0 Å². The van der Waals surface area contributed by atoms with Gasteiger partial charge >= 0.3 is 5.97 Å². The van der Waals surface area contributed by atoms with Crippen molar-refractivity contribution in [1.29, 1.82) is 0 Å². The number of unbranched alkanes of at least 4 members (excludes halogenated alkanes) is 6. The van der Waals surface area contributed by atoms with Crippen LogP contribution in [0.3, 0.4) is 0 Å². The van der Waals surface area contributed by atoms with Crippen LogP contribution in [-0.4, -0.2) is 12.1 Å². The first-order valence-electron chi connectivity index (χ1n) is 13.6. The Hall–Kier alpha value is -2.29. The molecule has 188 valence electrons. The number of carbonyl (C=O) groups excluding carboxylic acids is 1. The van der Waals surface area contributed by atoms with Gasteiger partial charge in [-0.3, -0.25) is 0 Å². The molecule has 2 rings (SSSR count). The summed E-state index contributed by atoms with van der Waals surface area (Å²) < 4.78 is 11.5. The Bertz CT molecular complexity index is 794. The molecule has 1 unspecified atom stereocenters. The molecule has 0 amide bonds. The summed E-state index contributed by atoms with van der Waals surface area (Å²) in [5.41, 5.74) is 1.83. The second kappa shape index (κ2) is 16.4. The lowest BCUT2D eigenvalue weighted by molar-refractivity contribution is 0.0734. The first-order chi connectivity index (χ1) is 16.5. The topological polar surface area (TPSA) is 35.5 Å². The van der Waals surface area contributed by atoms with Crippen LogP contribution in [-0.2, 0) is 6.42 Å². The fourth-order valence-electron chi connectivity index (χ4n) is 4.09. The summed E-state index contributed by atoms with van der Waals surface area (Å²) in [5, 5.41) is 0. The van der Waals surface area contributed by atoms with E-state index in [0.29, 0.717) is 11.3 Å². The SMILES string of the molecule is CCCCCC[C@@H](C)Oc1ccc(C(=O)Oc2ccc(CCCCCCC(C)CC)cc2)cc1. The van der Waals surface area contributed by atoms with Crippen molar-refractivity contribution in [2.75, 3.05) is 0 Å². The Morgan fingerprint density at radius 1 is 0.735 bits per heavy atom. The second-order valence-corrected chi connectivity index (χ2v) is 9.80. The van der Waals surface area contributed by atoms with Crippen molar-refractivity contribution in [3.05, 3.63) is 59.7 Å². The largest absolute Gasteiger partial charge is 0.491 e. The van der Waals surface area contributed by atoms with E-state index in [1.807, 2.05) is 24.3 Å². The van der Waals surface area contributed by atoms with E-state index in [2.05, 4.69) is 39.8 Å². The van der Waals surface area contributed by atoms with E-state index in [-0.39, 0.29) is 12.1 Å². The van der Waals surface area contributed by atoms with Crippen molar-refractivity contribution < 1.29 is 14.3 Å². The van der Waals surface area contributed by atoms with Crippen LogP contribution in [0.4, 0.5) is 0 Å². The van der Waals surface area contributed by atoms with Crippen LogP contribution in [0.15, 0.2) is 48.5 Å². The van der Waals surface area contributed by atoms with Crippen molar-refractivity contribution in [1.82, 2.24) is 0 Å². The molecule has 0 saturated carbocycles. The van der Waals surface area contributed by atoms with Crippen LogP contribution in [0, 0.1) is 5.92 Å². The molecule has 0 radical (unpaired) electrons. The maximum atomic E-state index is 12.5. The van der Waals surface area contributed by atoms with Gasteiger partial charge in [-0.25, -0.2) is 4.79 Å². The maximum Gasteiger partial charge on any atom is 0.343 e. The summed E-state index contributed by atoms with van der Waals surface area (Å²) in [5.74, 6) is 1.90. The minimum absolute atomic E-state index is 0.179. The predicted octanol–water partition coefficient (Wildman–Crippen LogP) is 9.18. The lowest BCUT2D eigenvalue weighted by Gasteiger charge is -2.14. The highest BCUT2D eigenvalue weighted by Crippen LogP contribution is 2.20. The third-order valence-electron chi connectivity index (χ3n) is 6.63. The third kappa shape index (κ3) is 11.2. The fraction of sp³-hybridized carbons (Fsp3) is 0.581. The molecular weight excluding hydrogens is 420 g/mol. The molecule has 0 aliphatic heterocycles. The Morgan fingerprint density at radius 2 is 1.35 bits per heavy atom. The summed E-state index contributed by atoms with van der Waals surface area (Å²) in [7, 11) is 0. The molecule has 3 heteroatoms. The summed E-state index contributed by atoms with van der Waals surface area (Å²) >= 11 is 0. The van der Waals surface area contributed by atoms with Crippen LogP contribution in [0.25, 0.3) is 0 Å². The van der Waals surface area contributed by atoms with E-state index in [4.69, 9.17) is 9.47 Å². The average molecular weight is 467 g/mol. The molecule has 0 fully saturated rings. The predicted molar refractivity (Wildman–Crippen MR) is 143 cm³/mol. The van der Waals surface area contributed by atoms with Crippen molar-refractivity contribution in [2.24, 2.45) is 5.92 Å². The molecule has 3 nitrogen and oxygen atoms in total. The van der Waals surface area contributed by atoms with Crippen molar-refractivity contribution >= 4 is 5.97 Å². The molecule has 0 saturated heterocycles. The van der Waals surface area contributed by atoms with Crippen LogP contribution >= 0.6 is 0 Å². The van der Waals surface area contributed by atoms with Crippen LogP contribution < -0.4 is 9.47 Å². The third-order valence-corrected chi connectivity index (χ3v) is 6.63. The first-order valence-corrected chi connectivity index (χ1v) is 13.6. The number of benzene rings is 2. The van der Waals surface area contributed by atoms with Gasteiger partial charge in [-0.15, -0.1) is 0 Å². The summed E-state index contributed by atoms with van der Waals surface area (Å²) in [6.45, 7) is 8.94. The van der Waals surface area contributed by atoms with Gasteiger partial charge in [0.25, 0.3) is 0 Å². The van der Waals surface area contributed by atoms with Gasteiger partial charge in [0.2, 0.25) is 0 Å². The molecule has 2 atom stereocenters. The number of hydrogen-bond donors (Lipinski definition) is 0. The average Bonchev–Trinajstić information content (AvgIpc) is 2.85. The Labute approximate surface area is 208 Å². The van der Waals surface area contributed by atoms with E-state index < -0.39 is 0 Å². The Morgan fingerprint density at radius 3 is 2.03 bits per heavy atom. The van der Waals surface area contributed by atoms with E-state index in [1.54, 1.807) is 12.1 Å². The van der Waals surface area contributed by atoms with Gasteiger partial charge in [0.1, 0.15) is 11.5 Å². The lowest BCUT2D eigenvalue weighted by atomic mass is 9.99. The molecule has 0 aromatic heterocycles. The van der Waals surface area contributed by atoms with Crippen molar-refractivity contribution in [3.8, 4) is 11.5 Å². The maximum absolute atomic E-state index is 12.5. The Balaban J connectivity index is 1.70. The number of aryl methyl sites for hydroxylation is 1. The van der Waals surface area contributed by atoms with E-state index in [1.165, 1.54) is 69.8 Å². The van der Waals surface area contributed by atoms with Crippen LogP contribution in [0.2, 0.25) is 0 Å². The highest BCUT2D eigenvalue weighted by atomic mass is 16.5. The molecule has 0 aliphatic carbocycles. The van der Waals surface area contributed by atoms with Gasteiger partial charge in [-0.2, -0.15) is 0 Å². The number of carbonyl (C=O) groups is 1. The second-order valence-electron chi connectivity index (χ2n) is 9.80. The normalized spacial score (nSPS) is 12.8. The standard InChI is InChI=1S/C31H46O3/c1-5-7-8-12-15-26(4)33-29-23-19-28(20-24-29)31(32)34-30-21-17-27(18-22-30)16-13-10-9-11-14-25(3)6-2/h17-26H,5-16H2,1-4H3/t25?,26-/m1/s1. The molecule has 0 heterocycles. The highest BCUT2D eigenvalue weighted by molar-refractivity contribution is 5.91. The van der Waals surface area contributed by atoms with Gasteiger partial charge in [-0.1, -0.05) is 84.3 Å². The molecule has 0 bridgehead atoms. The van der Waals surface area contributed by atoms with Gasteiger partial charge in [0.15, 0.2) is 0 Å². The van der Waals surface area contributed by atoms with Crippen LogP contribution in [0.5, 0.6) is 11.5 Å². The molecule has 0 aliphatic rings.